The second-order valence-corrected chi connectivity index (χ2v) is 4.27. The Hall–Kier alpha value is -2.43. The van der Waals surface area contributed by atoms with Gasteiger partial charge in [-0.05, 0) is 30.6 Å². The molecule has 0 fully saturated rings. The number of H-pyrrole nitrogens is 1. The van der Waals surface area contributed by atoms with Crippen LogP contribution in [0.1, 0.15) is 11.3 Å². The highest BCUT2D eigenvalue weighted by Crippen LogP contribution is 2.18. The molecule has 0 radical (unpaired) electrons. The van der Waals surface area contributed by atoms with Gasteiger partial charge in [0.05, 0.1) is 11.4 Å². The van der Waals surface area contributed by atoms with Gasteiger partial charge in [-0.1, -0.05) is 18.2 Å². The molecule has 1 aromatic carbocycles. The van der Waals surface area contributed by atoms with Gasteiger partial charge in [-0.15, -0.1) is 4.98 Å². The van der Waals surface area contributed by atoms with Gasteiger partial charge in [0.25, 0.3) is 0 Å². The molecule has 2 N–H and O–H groups in total. The zero-order valence-corrected chi connectivity index (χ0v) is 10.3. The molecule has 0 saturated carbocycles. The minimum atomic E-state index is 0.728. The van der Waals surface area contributed by atoms with Gasteiger partial charge in [-0.25, -0.2) is 0 Å². The molecule has 0 bridgehead atoms. The van der Waals surface area contributed by atoms with Crippen LogP contribution in [0.2, 0.25) is 0 Å². The maximum Gasteiger partial charge on any atom is 0.355 e. The van der Waals surface area contributed by atoms with E-state index in [1.165, 1.54) is 5.56 Å². The Balaban J connectivity index is 2.10. The van der Waals surface area contributed by atoms with Crippen molar-refractivity contribution in [1.82, 2.24) is 15.2 Å². The van der Waals surface area contributed by atoms with Gasteiger partial charge >= 0.3 is 5.78 Å². The van der Waals surface area contributed by atoms with E-state index in [0.717, 1.165) is 23.0 Å². The quantitative estimate of drug-likeness (QED) is 0.673. The van der Waals surface area contributed by atoms with Crippen LogP contribution < -0.4 is 9.72 Å². The second kappa shape index (κ2) is 4.10. The predicted octanol–water partition coefficient (Wildman–Crippen LogP) is 1.90. The van der Waals surface area contributed by atoms with Crippen LogP contribution in [-0.4, -0.2) is 15.2 Å². The maximum atomic E-state index is 4.37. The Bertz CT molecular complexity index is 701. The van der Waals surface area contributed by atoms with E-state index in [0.29, 0.717) is 0 Å². The highest BCUT2D eigenvalue weighted by Gasteiger charge is 2.11. The molecule has 2 aromatic heterocycles. The average molecular weight is 240 g/mol. The number of fused-ring (bicyclic) bond motifs is 1. The molecule has 3 rings (SSSR count). The van der Waals surface area contributed by atoms with Gasteiger partial charge in [0.2, 0.25) is 6.33 Å². The van der Waals surface area contributed by atoms with Crippen LogP contribution in [0.25, 0.3) is 5.78 Å². The predicted molar refractivity (Wildman–Crippen MR) is 68.7 cm³/mol. The summed E-state index contributed by atoms with van der Waals surface area (Å²) in [7, 11) is 0. The topological polar surface area (TPSA) is 57.7 Å². The first-order valence-corrected chi connectivity index (χ1v) is 5.79. The average Bonchev–Trinajstić information content (AvgIpc) is 2.80. The summed E-state index contributed by atoms with van der Waals surface area (Å²) in [5.41, 5.74) is 3.22. The van der Waals surface area contributed by atoms with E-state index in [2.05, 4.69) is 39.6 Å². The number of aromatic nitrogens is 4. The van der Waals surface area contributed by atoms with Gasteiger partial charge in [0.1, 0.15) is 0 Å². The SMILES string of the molecule is Cc1cc(Nc2ccccc2C)[n+]2cn[nH]c2n1. The number of anilines is 2. The molecule has 0 atom stereocenters. The first kappa shape index (κ1) is 10.7. The van der Waals surface area contributed by atoms with Crippen molar-refractivity contribution in [2.75, 3.05) is 5.32 Å². The van der Waals surface area contributed by atoms with Gasteiger partial charge in [0.15, 0.2) is 5.82 Å². The van der Waals surface area contributed by atoms with Crippen molar-refractivity contribution in [2.24, 2.45) is 0 Å². The molecule has 0 aliphatic heterocycles. The van der Waals surface area contributed by atoms with Crippen molar-refractivity contribution in [1.29, 1.82) is 0 Å². The molecule has 18 heavy (non-hydrogen) atoms. The van der Waals surface area contributed by atoms with Crippen LogP contribution >= 0.6 is 0 Å². The Kier molecular flexibility index (Phi) is 2.44. The lowest BCUT2D eigenvalue weighted by Gasteiger charge is -2.06. The second-order valence-electron chi connectivity index (χ2n) is 4.27. The molecule has 0 aliphatic carbocycles. The van der Waals surface area contributed by atoms with Crippen LogP contribution in [-0.2, 0) is 0 Å². The largest absolute Gasteiger partial charge is 0.355 e. The molecular weight excluding hydrogens is 226 g/mol. The minimum absolute atomic E-state index is 0.728. The molecule has 0 amide bonds. The summed E-state index contributed by atoms with van der Waals surface area (Å²) < 4.78 is 1.89. The lowest BCUT2D eigenvalue weighted by molar-refractivity contribution is -0.498. The van der Waals surface area contributed by atoms with E-state index in [1.54, 1.807) is 6.33 Å². The Labute approximate surface area is 105 Å². The number of hydrogen-bond donors (Lipinski definition) is 2. The van der Waals surface area contributed by atoms with E-state index in [4.69, 9.17) is 0 Å². The Morgan fingerprint density at radius 3 is 2.89 bits per heavy atom. The van der Waals surface area contributed by atoms with Gasteiger partial charge < -0.3 is 0 Å². The summed E-state index contributed by atoms with van der Waals surface area (Å²) in [5.74, 6) is 1.67. The van der Waals surface area contributed by atoms with Crippen molar-refractivity contribution >= 4 is 17.3 Å². The fraction of sp³-hybridized carbons (Fsp3) is 0.154. The van der Waals surface area contributed by atoms with Gasteiger partial charge in [0, 0.05) is 6.07 Å². The normalized spacial score (nSPS) is 10.8. The van der Waals surface area contributed by atoms with E-state index < -0.39 is 0 Å². The van der Waals surface area contributed by atoms with E-state index in [1.807, 2.05) is 29.5 Å². The van der Waals surface area contributed by atoms with Crippen LogP contribution in [0.5, 0.6) is 0 Å². The number of nitrogens with one attached hydrogen (secondary N) is 2. The lowest BCUT2D eigenvalue weighted by atomic mass is 10.2. The van der Waals surface area contributed by atoms with Crippen LogP contribution in [0.4, 0.5) is 11.5 Å². The monoisotopic (exact) mass is 240 g/mol. The van der Waals surface area contributed by atoms with Gasteiger partial charge in [-0.2, -0.15) is 9.50 Å². The van der Waals surface area contributed by atoms with E-state index in [-0.39, 0.29) is 0 Å². The summed E-state index contributed by atoms with van der Waals surface area (Å²) in [6, 6.07) is 10.2. The van der Waals surface area contributed by atoms with E-state index >= 15 is 0 Å². The van der Waals surface area contributed by atoms with Crippen molar-refractivity contribution in [2.45, 2.75) is 13.8 Å². The summed E-state index contributed by atoms with van der Waals surface area (Å²) in [4.78, 5) is 4.37. The molecule has 2 heterocycles. The zero-order valence-electron chi connectivity index (χ0n) is 10.3. The number of nitrogens with zero attached hydrogens (tertiary/aromatic N) is 3. The van der Waals surface area contributed by atoms with Gasteiger partial charge in [-0.3, -0.25) is 5.32 Å². The fourth-order valence-electron chi connectivity index (χ4n) is 1.92. The third kappa shape index (κ3) is 1.79. The third-order valence-corrected chi connectivity index (χ3v) is 2.86. The molecule has 90 valence electrons. The van der Waals surface area contributed by atoms with Crippen LogP contribution in [0.15, 0.2) is 36.7 Å². The van der Waals surface area contributed by atoms with Crippen molar-refractivity contribution in [3.05, 3.63) is 47.9 Å². The summed E-state index contributed by atoms with van der Waals surface area (Å²) >= 11 is 0. The molecule has 0 aliphatic rings. The number of hydrogen-bond acceptors (Lipinski definition) is 3. The molecular formula is C13H14N5+. The Morgan fingerprint density at radius 2 is 2.06 bits per heavy atom. The van der Waals surface area contributed by atoms with Crippen LogP contribution in [0.3, 0.4) is 0 Å². The standard InChI is InChI=1S/C13H13N5/c1-9-5-3-4-6-11(9)16-12-7-10(2)15-13-17-14-8-18(12)13/h3-8H,1-2H3,(H,15,16,17)/p+1. The number of benzene rings is 1. The Morgan fingerprint density at radius 1 is 1.22 bits per heavy atom. The first-order valence-electron chi connectivity index (χ1n) is 5.79. The highest BCUT2D eigenvalue weighted by molar-refractivity contribution is 5.59. The third-order valence-electron chi connectivity index (χ3n) is 2.86. The molecule has 0 spiro atoms. The summed E-state index contributed by atoms with van der Waals surface area (Å²) in [6.45, 7) is 4.04. The van der Waals surface area contributed by atoms with Crippen molar-refractivity contribution in [3.63, 3.8) is 0 Å². The number of aryl methyl sites for hydroxylation is 2. The van der Waals surface area contributed by atoms with Crippen molar-refractivity contribution in [3.8, 4) is 0 Å². The zero-order chi connectivity index (χ0) is 12.5. The summed E-state index contributed by atoms with van der Waals surface area (Å²) in [5, 5.41) is 10.3. The number of rotatable bonds is 2. The molecule has 3 aromatic rings. The molecule has 5 nitrogen and oxygen atoms in total. The summed E-state index contributed by atoms with van der Waals surface area (Å²) in [6.07, 6.45) is 1.71. The fourth-order valence-corrected chi connectivity index (χ4v) is 1.92. The smallest absolute Gasteiger partial charge is 0.299 e. The molecule has 0 unspecified atom stereocenters. The van der Waals surface area contributed by atoms with Crippen molar-refractivity contribution < 1.29 is 4.40 Å². The number of para-hydroxylation sites is 1. The minimum Gasteiger partial charge on any atom is -0.299 e. The van der Waals surface area contributed by atoms with Crippen LogP contribution in [0, 0.1) is 13.8 Å². The molecule has 5 heteroatoms. The number of aromatic amines is 1. The lowest BCUT2D eigenvalue weighted by Crippen LogP contribution is -2.25. The van der Waals surface area contributed by atoms with E-state index in [9.17, 15) is 0 Å². The molecule has 0 saturated heterocycles. The first-order chi connectivity index (χ1) is 8.74. The maximum absolute atomic E-state index is 4.37. The highest BCUT2D eigenvalue weighted by atomic mass is 15.3.